The molecular weight excluding hydrogens is 420 g/mol. The first-order valence-electron chi connectivity index (χ1n) is 11.2. The first-order valence-corrected chi connectivity index (χ1v) is 11.2. The Morgan fingerprint density at radius 3 is 2.85 bits per heavy atom. The maximum Gasteiger partial charge on any atom is 0.251 e. The molecule has 2 aliphatic heterocycles. The molecule has 0 saturated carbocycles. The lowest BCUT2D eigenvalue weighted by molar-refractivity contribution is -0.122. The molecule has 168 valence electrons. The van der Waals surface area contributed by atoms with Crippen LogP contribution >= 0.6 is 0 Å². The average Bonchev–Trinajstić information content (AvgIpc) is 3.49. The molecule has 2 aromatic heterocycles. The highest BCUT2D eigenvalue weighted by Gasteiger charge is 2.27. The normalized spacial score (nSPS) is 16.4. The van der Waals surface area contributed by atoms with Gasteiger partial charge in [0.1, 0.15) is 6.29 Å². The van der Waals surface area contributed by atoms with E-state index < -0.39 is 0 Å². The van der Waals surface area contributed by atoms with Gasteiger partial charge in [0.15, 0.2) is 5.78 Å². The van der Waals surface area contributed by atoms with Crippen LogP contribution in [0.3, 0.4) is 0 Å². The van der Waals surface area contributed by atoms with Gasteiger partial charge >= 0.3 is 0 Å². The van der Waals surface area contributed by atoms with E-state index in [1.165, 1.54) is 6.07 Å². The summed E-state index contributed by atoms with van der Waals surface area (Å²) in [5.41, 5.74) is 4.16. The number of benzene rings is 1. The predicted octanol–water partition coefficient (Wildman–Crippen LogP) is 1.61. The number of nitrogens with one attached hydrogen (secondary N) is 2. The molecule has 8 heteroatoms. The van der Waals surface area contributed by atoms with E-state index >= 15 is 0 Å². The van der Waals surface area contributed by atoms with Crippen LogP contribution in [0.1, 0.15) is 40.7 Å². The fourth-order valence-corrected chi connectivity index (χ4v) is 4.87. The third-order valence-electron chi connectivity index (χ3n) is 6.45. The summed E-state index contributed by atoms with van der Waals surface area (Å²) >= 11 is 0. The van der Waals surface area contributed by atoms with Crippen molar-refractivity contribution in [1.82, 2.24) is 20.2 Å². The molecule has 0 spiro atoms. The van der Waals surface area contributed by atoms with Gasteiger partial charge in [0, 0.05) is 29.0 Å². The molecule has 1 aromatic carbocycles. The van der Waals surface area contributed by atoms with Gasteiger partial charge in [-0.2, -0.15) is 0 Å². The van der Waals surface area contributed by atoms with Gasteiger partial charge in [-0.05, 0) is 43.5 Å². The molecule has 0 bridgehead atoms. The van der Waals surface area contributed by atoms with E-state index in [0.29, 0.717) is 41.5 Å². The highest BCUT2D eigenvalue weighted by Crippen LogP contribution is 2.36. The number of aryl methyl sites for hydroxylation is 1. The topological polar surface area (TPSA) is 110 Å². The third-order valence-corrected chi connectivity index (χ3v) is 6.45. The molecule has 1 amide bonds. The number of pyridine rings is 2. The zero-order chi connectivity index (χ0) is 22.9. The minimum absolute atomic E-state index is 0.111. The summed E-state index contributed by atoms with van der Waals surface area (Å²) in [5, 5.41) is 6.57. The summed E-state index contributed by atoms with van der Waals surface area (Å²) in [6.07, 6.45) is 3.30. The second-order valence-electron chi connectivity index (χ2n) is 8.45. The number of hydrogen-bond acceptors (Lipinski definition) is 6. The summed E-state index contributed by atoms with van der Waals surface area (Å²) in [5.74, 6) is -0.384. The fourth-order valence-electron chi connectivity index (χ4n) is 4.87. The largest absolute Gasteiger partial charge is 0.347 e. The van der Waals surface area contributed by atoms with Crippen LogP contribution in [0.2, 0.25) is 0 Å². The molecule has 1 atom stereocenters. The molecule has 8 nitrogen and oxygen atoms in total. The maximum atomic E-state index is 13.2. The van der Waals surface area contributed by atoms with E-state index in [2.05, 4.69) is 10.6 Å². The van der Waals surface area contributed by atoms with Gasteiger partial charge in [-0.1, -0.05) is 18.2 Å². The van der Waals surface area contributed by atoms with Crippen molar-refractivity contribution in [2.45, 2.75) is 38.3 Å². The van der Waals surface area contributed by atoms with E-state index in [0.717, 1.165) is 42.5 Å². The smallest absolute Gasteiger partial charge is 0.251 e. The van der Waals surface area contributed by atoms with Crippen molar-refractivity contribution in [3.63, 3.8) is 0 Å². The number of rotatable bonds is 7. The first kappa shape index (κ1) is 21.2. The Balaban J connectivity index is 1.56. The van der Waals surface area contributed by atoms with Gasteiger partial charge in [-0.25, -0.2) is 4.98 Å². The number of aromatic nitrogens is 2. The van der Waals surface area contributed by atoms with Crippen molar-refractivity contribution in [2.24, 2.45) is 0 Å². The Hall–Kier alpha value is -3.65. The molecule has 4 heterocycles. The fraction of sp³-hybridized carbons (Fsp3) is 0.320. The number of fused-ring (bicyclic) bond motifs is 4. The minimum atomic E-state index is -0.254. The summed E-state index contributed by atoms with van der Waals surface area (Å²) in [4.78, 5) is 54.0. The van der Waals surface area contributed by atoms with Gasteiger partial charge in [0.05, 0.1) is 36.0 Å². The van der Waals surface area contributed by atoms with Gasteiger partial charge < -0.3 is 20.0 Å². The van der Waals surface area contributed by atoms with Crippen LogP contribution < -0.4 is 16.2 Å². The molecule has 1 saturated heterocycles. The Labute approximate surface area is 190 Å². The Bertz CT molecular complexity index is 1340. The molecule has 5 rings (SSSR count). The van der Waals surface area contributed by atoms with Gasteiger partial charge in [0.2, 0.25) is 5.91 Å². The number of Topliss-reactive ketones (excluding diaryl/α,β-unsaturated/α-hetero) is 1. The predicted molar refractivity (Wildman–Crippen MR) is 123 cm³/mol. The maximum absolute atomic E-state index is 13.2. The SMILES string of the molecule is O=CCCc1c2c(nc3cccc(C(=O)CNC(=O)C4CCCN4)c13)-c1cccc(=O)n1C2. The monoisotopic (exact) mass is 444 g/mol. The van der Waals surface area contributed by atoms with E-state index in [9.17, 15) is 19.2 Å². The van der Waals surface area contributed by atoms with E-state index in [-0.39, 0.29) is 29.8 Å². The number of carbonyl (C=O) groups excluding carboxylic acids is 3. The van der Waals surface area contributed by atoms with Gasteiger partial charge in [-0.3, -0.25) is 14.4 Å². The van der Waals surface area contributed by atoms with Crippen molar-refractivity contribution in [2.75, 3.05) is 13.1 Å². The number of carbonyl (C=O) groups is 3. The standard InChI is InChI=1S/C25H24N4O4/c30-12-4-6-15-17-14-29-20(9-2-10-22(29)32)24(17)28-18-7-1-5-16(23(15)18)21(31)13-27-25(33)19-8-3-11-26-19/h1-2,5,7,9-10,12,19,26H,3-4,6,8,11,13-14H2,(H,27,33). The van der Waals surface area contributed by atoms with Crippen LogP contribution in [-0.4, -0.2) is 46.7 Å². The van der Waals surface area contributed by atoms with Crippen molar-refractivity contribution in [3.8, 4) is 11.4 Å². The second kappa shape index (κ2) is 8.71. The zero-order valence-corrected chi connectivity index (χ0v) is 18.1. The zero-order valence-electron chi connectivity index (χ0n) is 18.1. The highest BCUT2D eigenvalue weighted by molar-refractivity contribution is 6.11. The molecule has 33 heavy (non-hydrogen) atoms. The summed E-state index contributed by atoms with van der Waals surface area (Å²) in [7, 11) is 0. The van der Waals surface area contributed by atoms with Crippen LogP contribution in [0, 0.1) is 0 Å². The number of ketones is 1. The molecule has 2 N–H and O–H groups in total. The van der Waals surface area contributed by atoms with Crippen LogP contribution in [-0.2, 0) is 22.6 Å². The van der Waals surface area contributed by atoms with Crippen LogP contribution in [0.15, 0.2) is 41.2 Å². The summed E-state index contributed by atoms with van der Waals surface area (Å²) in [6, 6.07) is 10.2. The van der Waals surface area contributed by atoms with Crippen molar-refractivity contribution >= 4 is 28.9 Å². The molecule has 3 aromatic rings. The summed E-state index contributed by atoms with van der Waals surface area (Å²) < 4.78 is 1.66. The quantitative estimate of drug-likeness (QED) is 0.331. The van der Waals surface area contributed by atoms with E-state index in [1.54, 1.807) is 22.8 Å². The third kappa shape index (κ3) is 3.76. The minimum Gasteiger partial charge on any atom is -0.347 e. The number of aldehydes is 1. The van der Waals surface area contributed by atoms with Crippen molar-refractivity contribution in [1.29, 1.82) is 0 Å². The lowest BCUT2D eigenvalue weighted by atomic mass is 9.92. The van der Waals surface area contributed by atoms with Gasteiger partial charge in [0.25, 0.3) is 5.56 Å². The second-order valence-corrected chi connectivity index (χ2v) is 8.45. The molecule has 2 aliphatic rings. The van der Waals surface area contributed by atoms with E-state index in [4.69, 9.17) is 4.98 Å². The molecule has 1 unspecified atom stereocenters. The highest BCUT2D eigenvalue weighted by atomic mass is 16.2. The Morgan fingerprint density at radius 1 is 1.21 bits per heavy atom. The van der Waals surface area contributed by atoms with Crippen LogP contribution in [0.25, 0.3) is 22.3 Å². The Kier molecular flexibility index (Phi) is 5.60. The summed E-state index contributed by atoms with van der Waals surface area (Å²) in [6.45, 7) is 1.05. The average molecular weight is 444 g/mol. The molecule has 1 fully saturated rings. The first-order chi connectivity index (χ1) is 16.1. The molecule has 0 aliphatic carbocycles. The number of nitrogens with zero attached hydrogens (tertiary/aromatic N) is 2. The molecule has 0 radical (unpaired) electrons. The van der Waals surface area contributed by atoms with Crippen LogP contribution in [0.4, 0.5) is 0 Å². The van der Waals surface area contributed by atoms with E-state index in [1.807, 2.05) is 12.1 Å². The number of amides is 1. The Morgan fingerprint density at radius 2 is 2.06 bits per heavy atom. The number of hydrogen-bond donors (Lipinski definition) is 2. The van der Waals surface area contributed by atoms with Gasteiger partial charge in [-0.15, -0.1) is 0 Å². The van der Waals surface area contributed by atoms with Crippen LogP contribution in [0.5, 0.6) is 0 Å². The van der Waals surface area contributed by atoms with Crippen molar-refractivity contribution < 1.29 is 14.4 Å². The lowest BCUT2D eigenvalue weighted by Gasteiger charge is -2.15. The van der Waals surface area contributed by atoms with Crippen molar-refractivity contribution in [3.05, 3.63) is 63.4 Å². The lowest BCUT2D eigenvalue weighted by Crippen LogP contribution is -2.42. The molecular formula is C25H24N4O4.